The second-order valence-electron chi connectivity index (χ2n) is 6.14. The molecule has 1 aromatic heterocycles. The van der Waals surface area contributed by atoms with Gasteiger partial charge in [-0.05, 0) is 55.2 Å². The van der Waals surface area contributed by atoms with E-state index in [4.69, 9.17) is 4.74 Å². The molecule has 0 aliphatic heterocycles. The van der Waals surface area contributed by atoms with Crippen LogP contribution < -0.4 is 15.4 Å². The number of methoxy groups -OCH3 is 1. The predicted octanol–water partition coefficient (Wildman–Crippen LogP) is 3.90. The van der Waals surface area contributed by atoms with Crippen LogP contribution in [0.1, 0.15) is 16.7 Å². The lowest BCUT2D eigenvalue weighted by Gasteiger charge is -2.10. The highest BCUT2D eigenvalue weighted by Crippen LogP contribution is 2.20. The van der Waals surface area contributed by atoms with Crippen molar-refractivity contribution in [3.8, 4) is 5.75 Å². The topological polar surface area (TPSA) is 72.0 Å². The summed E-state index contributed by atoms with van der Waals surface area (Å²) in [5.41, 5.74) is 4.50. The highest BCUT2D eigenvalue weighted by molar-refractivity contribution is 5.59. The minimum atomic E-state index is 0.477. The van der Waals surface area contributed by atoms with Gasteiger partial charge >= 0.3 is 0 Å². The van der Waals surface area contributed by atoms with Crippen molar-refractivity contribution >= 4 is 17.5 Å². The first-order valence-corrected chi connectivity index (χ1v) is 8.55. The maximum atomic E-state index is 5.25. The van der Waals surface area contributed by atoms with Gasteiger partial charge in [-0.2, -0.15) is 10.1 Å². The fourth-order valence-electron chi connectivity index (χ4n) is 2.60. The molecule has 26 heavy (non-hydrogen) atoms. The third kappa shape index (κ3) is 4.69. The molecule has 0 saturated heterocycles. The molecule has 0 aliphatic rings. The van der Waals surface area contributed by atoms with Gasteiger partial charge in [0.1, 0.15) is 5.75 Å². The van der Waals surface area contributed by atoms with Crippen molar-refractivity contribution in [1.29, 1.82) is 0 Å². The van der Waals surface area contributed by atoms with Gasteiger partial charge in [-0.1, -0.05) is 24.3 Å². The Hall–Kier alpha value is -3.15. The number of aromatic nitrogens is 3. The quantitative estimate of drug-likeness (QED) is 0.674. The summed E-state index contributed by atoms with van der Waals surface area (Å²) < 4.78 is 5.25. The van der Waals surface area contributed by atoms with E-state index < -0.39 is 0 Å². The van der Waals surface area contributed by atoms with Crippen LogP contribution in [0.4, 0.5) is 17.5 Å². The SMILES string of the molecule is COc1cccc(CCNc2cnnc(Nc3cc(C)ccc3C)n2)c1. The van der Waals surface area contributed by atoms with E-state index in [1.54, 1.807) is 13.3 Å². The molecule has 3 aromatic rings. The number of nitrogens with one attached hydrogen (secondary N) is 2. The molecule has 6 nitrogen and oxygen atoms in total. The number of nitrogens with zero attached hydrogens (tertiary/aromatic N) is 3. The maximum absolute atomic E-state index is 5.25. The fourth-order valence-corrected chi connectivity index (χ4v) is 2.60. The van der Waals surface area contributed by atoms with Crippen molar-refractivity contribution in [1.82, 2.24) is 15.2 Å². The van der Waals surface area contributed by atoms with Crippen LogP contribution in [-0.4, -0.2) is 28.8 Å². The van der Waals surface area contributed by atoms with E-state index in [0.717, 1.165) is 30.0 Å². The van der Waals surface area contributed by atoms with Gasteiger partial charge in [-0.15, -0.1) is 5.10 Å². The molecule has 0 atom stereocenters. The summed E-state index contributed by atoms with van der Waals surface area (Å²) in [5, 5.41) is 14.6. The monoisotopic (exact) mass is 349 g/mol. The summed E-state index contributed by atoms with van der Waals surface area (Å²) in [7, 11) is 1.67. The van der Waals surface area contributed by atoms with Gasteiger partial charge in [0.2, 0.25) is 5.95 Å². The van der Waals surface area contributed by atoms with Crippen molar-refractivity contribution in [2.24, 2.45) is 0 Å². The lowest BCUT2D eigenvalue weighted by molar-refractivity contribution is 0.414. The molecule has 0 saturated carbocycles. The van der Waals surface area contributed by atoms with Crippen LogP contribution in [0.25, 0.3) is 0 Å². The normalized spacial score (nSPS) is 10.4. The second-order valence-corrected chi connectivity index (χ2v) is 6.14. The molecule has 3 rings (SSSR count). The number of anilines is 3. The van der Waals surface area contributed by atoms with Gasteiger partial charge in [0.05, 0.1) is 13.3 Å². The van der Waals surface area contributed by atoms with Gasteiger partial charge in [0, 0.05) is 12.2 Å². The van der Waals surface area contributed by atoms with Crippen LogP contribution in [0, 0.1) is 13.8 Å². The molecule has 0 unspecified atom stereocenters. The highest BCUT2D eigenvalue weighted by atomic mass is 16.5. The largest absolute Gasteiger partial charge is 0.497 e. The fraction of sp³-hybridized carbons (Fsp3) is 0.250. The summed E-state index contributed by atoms with van der Waals surface area (Å²) in [6, 6.07) is 14.3. The van der Waals surface area contributed by atoms with Crippen LogP contribution in [0.2, 0.25) is 0 Å². The van der Waals surface area contributed by atoms with Gasteiger partial charge < -0.3 is 15.4 Å². The summed E-state index contributed by atoms with van der Waals surface area (Å²) >= 11 is 0. The average molecular weight is 349 g/mol. The lowest BCUT2D eigenvalue weighted by Crippen LogP contribution is -2.09. The molecule has 0 amide bonds. The molecule has 6 heteroatoms. The second kappa shape index (κ2) is 8.29. The first-order valence-electron chi connectivity index (χ1n) is 8.55. The van der Waals surface area contributed by atoms with Crippen molar-refractivity contribution < 1.29 is 4.74 Å². The number of ether oxygens (including phenoxy) is 1. The summed E-state index contributed by atoms with van der Waals surface area (Å²) in [6.45, 7) is 4.85. The molecule has 1 heterocycles. The van der Waals surface area contributed by atoms with Gasteiger partial charge in [-0.25, -0.2) is 0 Å². The Kier molecular flexibility index (Phi) is 5.63. The molecule has 0 spiro atoms. The Balaban J connectivity index is 1.61. The van der Waals surface area contributed by atoms with E-state index >= 15 is 0 Å². The minimum Gasteiger partial charge on any atom is -0.497 e. The summed E-state index contributed by atoms with van der Waals surface area (Å²) in [5.74, 6) is 2.03. The van der Waals surface area contributed by atoms with Crippen LogP contribution in [-0.2, 0) is 6.42 Å². The number of benzene rings is 2. The Morgan fingerprint density at radius 1 is 1.08 bits per heavy atom. The zero-order chi connectivity index (χ0) is 18.4. The van der Waals surface area contributed by atoms with E-state index in [0.29, 0.717) is 11.8 Å². The maximum Gasteiger partial charge on any atom is 0.249 e. The average Bonchev–Trinajstić information content (AvgIpc) is 2.65. The van der Waals surface area contributed by atoms with Crippen molar-refractivity contribution in [2.75, 3.05) is 24.3 Å². The standard InChI is InChI=1S/C20H23N5O/c1-14-7-8-15(2)18(11-14)23-20-24-19(13-22-25-20)21-10-9-16-5-4-6-17(12-16)26-3/h4-8,11-13H,9-10H2,1-3H3,(H2,21,23,24,25). The molecule has 2 N–H and O–H groups in total. The van der Waals surface area contributed by atoms with Gasteiger partial charge in [0.15, 0.2) is 5.82 Å². The molecule has 2 aromatic carbocycles. The Bertz CT molecular complexity index is 882. The van der Waals surface area contributed by atoms with Crippen LogP contribution >= 0.6 is 0 Å². The van der Waals surface area contributed by atoms with Gasteiger partial charge in [-0.3, -0.25) is 0 Å². The third-order valence-electron chi connectivity index (χ3n) is 4.05. The molecule has 134 valence electrons. The van der Waals surface area contributed by atoms with Crippen molar-refractivity contribution in [2.45, 2.75) is 20.3 Å². The first-order chi connectivity index (χ1) is 12.6. The predicted molar refractivity (Wildman–Crippen MR) is 104 cm³/mol. The van der Waals surface area contributed by atoms with E-state index in [1.165, 1.54) is 11.1 Å². The number of hydrogen-bond donors (Lipinski definition) is 2. The molecular formula is C20H23N5O. The van der Waals surface area contributed by atoms with Crippen LogP contribution in [0.5, 0.6) is 5.75 Å². The molecule has 0 radical (unpaired) electrons. The van der Waals surface area contributed by atoms with E-state index in [2.05, 4.69) is 57.0 Å². The lowest BCUT2D eigenvalue weighted by atomic mass is 10.1. The number of aryl methyl sites for hydroxylation is 2. The Morgan fingerprint density at radius 3 is 2.81 bits per heavy atom. The van der Waals surface area contributed by atoms with E-state index in [-0.39, 0.29) is 0 Å². The minimum absolute atomic E-state index is 0.477. The summed E-state index contributed by atoms with van der Waals surface area (Å²) in [6.07, 6.45) is 2.49. The van der Waals surface area contributed by atoms with Crippen molar-refractivity contribution in [3.05, 3.63) is 65.4 Å². The molecule has 0 aliphatic carbocycles. The summed E-state index contributed by atoms with van der Waals surface area (Å²) in [4.78, 5) is 4.48. The third-order valence-corrected chi connectivity index (χ3v) is 4.05. The molecule has 0 bridgehead atoms. The van der Waals surface area contributed by atoms with Gasteiger partial charge in [0.25, 0.3) is 0 Å². The van der Waals surface area contributed by atoms with Crippen molar-refractivity contribution in [3.63, 3.8) is 0 Å². The number of rotatable bonds is 7. The van der Waals surface area contributed by atoms with E-state index in [1.807, 2.05) is 25.1 Å². The van der Waals surface area contributed by atoms with E-state index in [9.17, 15) is 0 Å². The number of hydrogen-bond acceptors (Lipinski definition) is 6. The smallest absolute Gasteiger partial charge is 0.249 e. The molecular weight excluding hydrogens is 326 g/mol. The Morgan fingerprint density at radius 2 is 1.96 bits per heavy atom. The van der Waals surface area contributed by atoms with Crippen LogP contribution in [0.3, 0.4) is 0 Å². The zero-order valence-electron chi connectivity index (χ0n) is 15.3. The molecule has 0 fully saturated rings. The highest BCUT2D eigenvalue weighted by Gasteiger charge is 2.04. The Labute approximate surface area is 153 Å². The van der Waals surface area contributed by atoms with Crippen LogP contribution in [0.15, 0.2) is 48.7 Å². The first kappa shape index (κ1) is 17.7. The zero-order valence-corrected chi connectivity index (χ0v) is 15.3.